The van der Waals surface area contributed by atoms with Gasteiger partial charge in [0.25, 0.3) is 0 Å². The predicted molar refractivity (Wildman–Crippen MR) is 42.2 cm³/mol. The van der Waals surface area contributed by atoms with Gasteiger partial charge in [-0.05, 0) is 6.92 Å². The molecule has 1 nitrogen and oxygen atoms in total. The molecule has 1 N–H and O–H groups in total. The van der Waals surface area contributed by atoms with Crippen molar-refractivity contribution in [3.05, 3.63) is 0 Å². The molecule has 0 amide bonds. The van der Waals surface area contributed by atoms with E-state index in [1.165, 1.54) is 0 Å². The van der Waals surface area contributed by atoms with Crippen LogP contribution in [0.3, 0.4) is 0 Å². The Balaban J connectivity index is 2.51. The molecular weight excluding hydrogens is 138 g/mol. The molecule has 1 aliphatic rings. The highest BCUT2D eigenvalue weighted by molar-refractivity contribution is 8.23. The van der Waals surface area contributed by atoms with Crippen molar-refractivity contribution in [3.63, 3.8) is 0 Å². The van der Waals surface area contributed by atoms with Gasteiger partial charge in [0.15, 0.2) is 0 Å². The lowest BCUT2D eigenvalue weighted by atomic mass is 10.3. The lowest BCUT2D eigenvalue weighted by molar-refractivity contribution is 0.682. The second-order valence-corrected chi connectivity index (χ2v) is 4.10. The van der Waals surface area contributed by atoms with Crippen LogP contribution in [0.25, 0.3) is 0 Å². The highest BCUT2D eigenvalue weighted by atomic mass is 32.2. The smallest absolute Gasteiger partial charge is 0.134 e. The number of hydrogen-bond donors (Lipinski definition) is 1. The third kappa shape index (κ3) is 1.14. The number of thioether (sulfide) groups is 1. The fourth-order valence-corrected chi connectivity index (χ4v) is 2.11. The fraction of sp³-hybridized carbons (Fsp3) is 0.800. The molecule has 1 rings (SSSR count). The molecule has 1 heterocycles. The van der Waals surface area contributed by atoms with Crippen LogP contribution in [-0.2, 0) is 0 Å². The summed E-state index contributed by atoms with van der Waals surface area (Å²) >= 11 is 6.67. The first-order valence-corrected chi connectivity index (χ1v) is 3.96. The average Bonchev–Trinajstić information content (AvgIpc) is 1.85. The molecule has 0 unspecified atom stereocenters. The zero-order chi connectivity index (χ0) is 6.15. The molecule has 0 aliphatic carbocycles. The molecule has 0 aromatic rings. The molecule has 2 atom stereocenters. The Morgan fingerprint density at radius 2 is 2.25 bits per heavy atom. The molecule has 1 aliphatic heterocycles. The molecule has 1 fully saturated rings. The topological polar surface area (TPSA) is 12.0 Å². The van der Waals surface area contributed by atoms with Crippen molar-refractivity contribution < 1.29 is 0 Å². The van der Waals surface area contributed by atoms with Crippen LogP contribution in [0.1, 0.15) is 13.8 Å². The lowest BCUT2D eigenvalue weighted by Crippen LogP contribution is -2.25. The van der Waals surface area contributed by atoms with E-state index in [1.807, 2.05) is 0 Å². The second-order valence-electron chi connectivity index (χ2n) is 2.04. The molecule has 3 heteroatoms. The highest BCUT2D eigenvalue weighted by Gasteiger charge is 2.22. The van der Waals surface area contributed by atoms with E-state index in [9.17, 15) is 0 Å². The minimum Gasteiger partial charge on any atom is -0.367 e. The highest BCUT2D eigenvalue weighted by Crippen LogP contribution is 2.21. The number of thiocarbonyl (C=S) groups is 1. The zero-order valence-corrected chi connectivity index (χ0v) is 6.60. The Morgan fingerprint density at radius 1 is 1.62 bits per heavy atom. The molecule has 0 aromatic heterocycles. The first kappa shape index (κ1) is 6.36. The van der Waals surface area contributed by atoms with E-state index in [0.717, 1.165) is 4.32 Å². The maximum Gasteiger partial charge on any atom is 0.134 e. The van der Waals surface area contributed by atoms with Crippen LogP contribution >= 0.6 is 24.0 Å². The summed E-state index contributed by atoms with van der Waals surface area (Å²) in [6, 6.07) is 0.562. The summed E-state index contributed by atoms with van der Waals surface area (Å²) in [5.74, 6) is 0. The van der Waals surface area contributed by atoms with Crippen molar-refractivity contribution >= 4 is 28.3 Å². The first-order chi connectivity index (χ1) is 3.70. The van der Waals surface area contributed by atoms with Gasteiger partial charge in [0.2, 0.25) is 0 Å². The molecule has 46 valence electrons. The number of rotatable bonds is 0. The van der Waals surface area contributed by atoms with Gasteiger partial charge in [-0.15, -0.1) is 0 Å². The van der Waals surface area contributed by atoms with Gasteiger partial charge in [0, 0.05) is 11.3 Å². The molecule has 0 radical (unpaired) electrons. The Bertz CT molecular complexity index is 101. The summed E-state index contributed by atoms with van der Waals surface area (Å²) in [5.41, 5.74) is 0. The first-order valence-electron chi connectivity index (χ1n) is 2.67. The Kier molecular flexibility index (Phi) is 1.77. The van der Waals surface area contributed by atoms with Crippen LogP contribution in [-0.4, -0.2) is 15.6 Å². The summed E-state index contributed by atoms with van der Waals surface area (Å²) in [6.45, 7) is 4.33. The van der Waals surface area contributed by atoms with Gasteiger partial charge in [-0.25, -0.2) is 0 Å². The van der Waals surface area contributed by atoms with E-state index < -0.39 is 0 Å². The van der Waals surface area contributed by atoms with Gasteiger partial charge in [0.1, 0.15) is 4.32 Å². The molecule has 0 aromatic carbocycles. The average molecular weight is 147 g/mol. The van der Waals surface area contributed by atoms with Crippen molar-refractivity contribution in [2.24, 2.45) is 0 Å². The summed E-state index contributed by atoms with van der Waals surface area (Å²) in [4.78, 5) is 0. The minimum absolute atomic E-state index is 0.562. The van der Waals surface area contributed by atoms with Gasteiger partial charge in [0.05, 0.1) is 0 Å². The lowest BCUT2D eigenvalue weighted by Gasteiger charge is -2.04. The predicted octanol–water partition coefficient (Wildman–Crippen LogP) is 1.38. The van der Waals surface area contributed by atoms with Gasteiger partial charge in [-0.1, -0.05) is 30.9 Å². The van der Waals surface area contributed by atoms with E-state index in [4.69, 9.17) is 12.2 Å². The maximum absolute atomic E-state index is 4.92. The molecular formula is C5H9NS2. The van der Waals surface area contributed by atoms with E-state index in [0.29, 0.717) is 11.3 Å². The van der Waals surface area contributed by atoms with Crippen molar-refractivity contribution in [1.82, 2.24) is 5.32 Å². The van der Waals surface area contributed by atoms with Gasteiger partial charge >= 0.3 is 0 Å². The Morgan fingerprint density at radius 3 is 2.38 bits per heavy atom. The van der Waals surface area contributed by atoms with Crippen LogP contribution in [0.4, 0.5) is 0 Å². The fourth-order valence-electron chi connectivity index (χ4n) is 0.608. The monoisotopic (exact) mass is 147 g/mol. The molecule has 0 saturated carbocycles. The Hall–Kier alpha value is 0.240. The van der Waals surface area contributed by atoms with Crippen LogP contribution in [0, 0.1) is 0 Å². The number of nitrogens with one attached hydrogen (secondary N) is 1. The Labute approximate surface area is 59.2 Å². The van der Waals surface area contributed by atoms with Crippen molar-refractivity contribution in [2.45, 2.75) is 25.1 Å². The minimum atomic E-state index is 0.562. The van der Waals surface area contributed by atoms with Crippen molar-refractivity contribution in [2.75, 3.05) is 0 Å². The van der Waals surface area contributed by atoms with Crippen molar-refractivity contribution in [3.8, 4) is 0 Å². The van der Waals surface area contributed by atoms with E-state index in [2.05, 4.69) is 19.2 Å². The van der Waals surface area contributed by atoms with Gasteiger partial charge in [-0.3, -0.25) is 0 Å². The SMILES string of the molecule is C[C@H]1NC(=S)S[C@@H]1C. The van der Waals surface area contributed by atoms with Gasteiger partial charge in [-0.2, -0.15) is 0 Å². The molecule has 0 bridgehead atoms. The van der Waals surface area contributed by atoms with Crippen LogP contribution in [0.15, 0.2) is 0 Å². The normalized spacial score (nSPS) is 37.5. The van der Waals surface area contributed by atoms with E-state index >= 15 is 0 Å². The molecule has 8 heavy (non-hydrogen) atoms. The number of hydrogen-bond acceptors (Lipinski definition) is 2. The summed E-state index contributed by atoms with van der Waals surface area (Å²) in [7, 11) is 0. The quantitative estimate of drug-likeness (QED) is 0.520. The zero-order valence-electron chi connectivity index (χ0n) is 4.97. The largest absolute Gasteiger partial charge is 0.367 e. The standard InChI is InChI=1S/C5H9NS2/c1-3-4(2)8-5(7)6-3/h3-4H,1-2H3,(H,6,7)/t3-,4-/m1/s1. The maximum atomic E-state index is 4.92. The third-order valence-corrected chi connectivity index (χ3v) is 2.86. The van der Waals surface area contributed by atoms with Crippen LogP contribution in [0.2, 0.25) is 0 Å². The van der Waals surface area contributed by atoms with Crippen molar-refractivity contribution in [1.29, 1.82) is 0 Å². The molecule has 1 saturated heterocycles. The summed E-state index contributed by atoms with van der Waals surface area (Å²) < 4.78 is 0.949. The molecule has 0 spiro atoms. The van der Waals surface area contributed by atoms with Gasteiger partial charge < -0.3 is 5.32 Å². The summed E-state index contributed by atoms with van der Waals surface area (Å²) in [6.07, 6.45) is 0. The second kappa shape index (κ2) is 2.23. The van der Waals surface area contributed by atoms with Crippen LogP contribution < -0.4 is 5.32 Å². The van der Waals surface area contributed by atoms with E-state index in [-0.39, 0.29) is 0 Å². The van der Waals surface area contributed by atoms with Crippen LogP contribution in [0.5, 0.6) is 0 Å². The van der Waals surface area contributed by atoms with E-state index in [1.54, 1.807) is 11.8 Å². The summed E-state index contributed by atoms with van der Waals surface area (Å²) in [5, 5.41) is 3.82. The third-order valence-electron chi connectivity index (χ3n) is 1.34.